The maximum atomic E-state index is 12.7. The molecule has 0 spiro atoms. The van der Waals surface area contributed by atoms with Gasteiger partial charge in [-0.2, -0.15) is 0 Å². The van der Waals surface area contributed by atoms with Gasteiger partial charge in [-0.15, -0.1) is 0 Å². The number of carbonyl (C=O) groups is 1. The molecule has 7 nitrogen and oxygen atoms in total. The predicted octanol–water partition coefficient (Wildman–Crippen LogP) is 3.87. The summed E-state index contributed by atoms with van der Waals surface area (Å²) in [5.74, 6) is 0.736. The van der Waals surface area contributed by atoms with Gasteiger partial charge in [-0.1, -0.05) is 11.2 Å². The summed E-state index contributed by atoms with van der Waals surface area (Å²) in [4.78, 5) is 17.3. The van der Waals surface area contributed by atoms with E-state index in [-0.39, 0.29) is 5.91 Å². The molecule has 3 heterocycles. The normalized spacial score (nSPS) is 10.9. The monoisotopic (exact) mass is 362 g/mol. The summed E-state index contributed by atoms with van der Waals surface area (Å²) in [6.45, 7) is 3.44. The van der Waals surface area contributed by atoms with E-state index in [2.05, 4.69) is 15.5 Å². The highest BCUT2D eigenvalue weighted by atomic mass is 16.5. The molecule has 7 heteroatoms. The summed E-state index contributed by atoms with van der Waals surface area (Å²) in [6.07, 6.45) is 3.88. The van der Waals surface area contributed by atoms with Gasteiger partial charge in [0.1, 0.15) is 22.7 Å². The fourth-order valence-corrected chi connectivity index (χ4v) is 3.03. The molecule has 1 N–H and O–H groups in total. The van der Waals surface area contributed by atoms with Gasteiger partial charge in [0.15, 0.2) is 0 Å². The molecule has 136 valence electrons. The van der Waals surface area contributed by atoms with Crippen LogP contribution in [0.3, 0.4) is 0 Å². The van der Waals surface area contributed by atoms with Crippen molar-refractivity contribution in [2.24, 2.45) is 0 Å². The molecule has 0 aliphatic rings. The van der Waals surface area contributed by atoms with E-state index < -0.39 is 0 Å². The number of nitrogens with one attached hydrogen (secondary N) is 1. The highest BCUT2D eigenvalue weighted by Gasteiger charge is 2.19. The maximum absolute atomic E-state index is 12.7. The molecule has 4 rings (SSSR count). The van der Waals surface area contributed by atoms with E-state index >= 15 is 0 Å². The first-order valence-electron chi connectivity index (χ1n) is 8.43. The number of imidazole rings is 1. The molecule has 0 aliphatic carbocycles. The molecular weight excluding hydrogens is 344 g/mol. The minimum absolute atomic E-state index is 0.295. The summed E-state index contributed by atoms with van der Waals surface area (Å²) in [5, 5.41) is 6.72. The number of carbonyl (C=O) groups excluding carboxylic acids is 1. The molecule has 1 amide bonds. The van der Waals surface area contributed by atoms with Crippen LogP contribution >= 0.6 is 0 Å². The van der Waals surface area contributed by atoms with Gasteiger partial charge in [-0.3, -0.25) is 4.79 Å². The summed E-state index contributed by atoms with van der Waals surface area (Å²) in [7, 11) is 1.56. The Balaban J connectivity index is 1.72. The first kappa shape index (κ1) is 16.8. The van der Waals surface area contributed by atoms with Crippen LogP contribution in [0.5, 0.6) is 5.75 Å². The van der Waals surface area contributed by atoms with Crippen LogP contribution in [-0.2, 0) is 0 Å². The Bertz CT molecular complexity index is 1090. The van der Waals surface area contributed by atoms with Crippen LogP contribution in [0, 0.1) is 13.8 Å². The lowest BCUT2D eigenvalue weighted by atomic mass is 10.1. The van der Waals surface area contributed by atoms with Gasteiger partial charge in [0, 0.05) is 18.0 Å². The molecule has 0 unspecified atom stereocenters. The summed E-state index contributed by atoms with van der Waals surface area (Å²) < 4.78 is 12.4. The summed E-state index contributed by atoms with van der Waals surface area (Å²) in [6, 6.07) is 11.4. The van der Waals surface area contributed by atoms with Crippen LogP contribution in [0.25, 0.3) is 16.9 Å². The van der Waals surface area contributed by atoms with E-state index in [1.165, 1.54) is 0 Å². The Morgan fingerprint density at radius 2 is 2.07 bits per heavy atom. The van der Waals surface area contributed by atoms with Crippen molar-refractivity contribution in [2.45, 2.75) is 13.8 Å². The van der Waals surface area contributed by atoms with E-state index in [0.29, 0.717) is 28.5 Å². The average molecular weight is 362 g/mol. The smallest absolute Gasteiger partial charge is 0.261 e. The van der Waals surface area contributed by atoms with Crippen molar-refractivity contribution in [3.63, 3.8) is 0 Å². The van der Waals surface area contributed by atoms with Crippen molar-refractivity contribution in [1.29, 1.82) is 0 Å². The largest absolute Gasteiger partial charge is 0.495 e. The second-order valence-corrected chi connectivity index (χ2v) is 6.16. The highest BCUT2D eigenvalue weighted by molar-refractivity contribution is 6.06. The zero-order valence-electron chi connectivity index (χ0n) is 15.2. The molecule has 0 bridgehead atoms. The minimum atomic E-state index is -0.295. The molecule has 4 aromatic rings. The van der Waals surface area contributed by atoms with Crippen LogP contribution in [0.2, 0.25) is 0 Å². The Labute approximate surface area is 155 Å². The summed E-state index contributed by atoms with van der Waals surface area (Å²) >= 11 is 0. The number of rotatable bonds is 4. The predicted molar refractivity (Wildman–Crippen MR) is 101 cm³/mol. The molecule has 3 aromatic heterocycles. The number of methoxy groups -OCH3 is 1. The zero-order valence-corrected chi connectivity index (χ0v) is 15.2. The fourth-order valence-electron chi connectivity index (χ4n) is 3.03. The first-order valence-corrected chi connectivity index (χ1v) is 8.43. The second kappa shape index (κ2) is 6.60. The molecule has 0 aliphatic heterocycles. The van der Waals surface area contributed by atoms with E-state index in [9.17, 15) is 4.79 Å². The molecule has 0 fully saturated rings. The number of aryl methyl sites for hydroxylation is 2. The molecule has 0 atom stereocenters. The summed E-state index contributed by atoms with van der Waals surface area (Å²) in [5.41, 5.74) is 4.04. The van der Waals surface area contributed by atoms with Gasteiger partial charge in [-0.25, -0.2) is 4.98 Å². The van der Waals surface area contributed by atoms with Crippen LogP contribution in [-0.4, -0.2) is 27.6 Å². The number of hydrogen-bond donors (Lipinski definition) is 1. The Morgan fingerprint density at radius 1 is 1.22 bits per heavy atom. The zero-order chi connectivity index (χ0) is 19.0. The quantitative estimate of drug-likeness (QED) is 0.596. The third-order valence-electron chi connectivity index (χ3n) is 4.37. The van der Waals surface area contributed by atoms with Crippen LogP contribution in [0.4, 0.5) is 5.69 Å². The molecular formula is C20H18N4O3. The number of aromatic nitrogens is 3. The van der Waals surface area contributed by atoms with E-state index in [1.807, 2.05) is 53.2 Å². The highest BCUT2D eigenvalue weighted by Crippen LogP contribution is 2.31. The number of hydrogen-bond acceptors (Lipinski definition) is 5. The van der Waals surface area contributed by atoms with Crippen LogP contribution < -0.4 is 10.1 Å². The number of benzene rings is 1. The van der Waals surface area contributed by atoms with Crippen molar-refractivity contribution in [2.75, 3.05) is 12.4 Å². The van der Waals surface area contributed by atoms with E-state index in [4.69, 9.17) is 9.26 Å². The second-order valence-electron chi connectivity index (χ2n) is 6.16. The van der Waals surface area contributed by atoms with Gasteiger partial charge in [0.05, 0.1) is 24.2 Å². The van der Waals surface area contributed by atoms with Gasteiger partial charge < -0.3 is 19.0 Å². The van der Waals surface area contributed by atoms with Crippen molar-refractivity contribution in [1.82, 2.24) is 14.5 Å². The lowest BCUT2D eigenvalue weighted by molar-refractivity contribution is 0.102. The number of amides is 1. The average Bonchev–Trinajstić information content (AvgIpc) is 3.24. The van der Waals surface area contributed by atoms with Crippen LogP contribution in [0.1, 0.15) is 21.8 Å². The minimum Gasteiger partial charge on any atom is -0.495 e. The Morgan fingerprint density at radius 3 is 2.78 bits per heavy atom. The SMILES string of the molecule is COc1ccc(-c2cn3ccccc3n2)cc1NC(=O)c1c(C)noc1C. The fraction of sp³-hybridized carbons (Fsp3) is 0.150. The molecule has 0 radical (unpaired) electrons. The Kier molecular flexibility index (Phi) is 4.12. The van der Waals surface area contributed by atoms with Gasteiger partial charge in [-0.05, 0) is 44.2 Å². The van der Waals surface area contributed by atoms with Crippen LogP contribution in [0.15, 0.2) is 53.3 Å². The topological polar surface area (TPSA) is 81.7 Å². The number of fused-ring (bicyclic) bond motifs is 1. The van der Waals surface area contributed by atoms with Gasteiger partial charge >= 0.3 is 0 Å². The van der Waals surface area contributed by atoms with Crippen molar-refractivity contribution >= 4 is 17.2 Å². The molecule has 1 aromatic carbocycles. The number of pyridine rings is 1. The third-order valence-corrected chi connectivity index (χ3v) is 4.37. The number of anilines is 1. The van der Waals surface area contributed by atoms with Crippen molar-refractivity contribution in [3.05, 3.63) is 65.8 Å². The number of ether oxygens (including phenoxy) is 1. The lowest BCUT2D eigenvalue weighted by Crippen LogP contribution is -2.14. The van der Waals surface area contributed by atoms with Crippen molar-refractivity contribution in [3.8, 4) is 17.0 Å². The van der Waals surface area contributed by atoms with E-state index in [1.54, 1.807) is 21.0 Å². The van der Waals surface area contributed by atoms with Gasteiger partial charge in [0.2, 0.25) is 0 Å². The van der Waals surface area contributed by atoms with Crippen molar-refractivity contribution < 1.29 is 14.1 Å². The third kappa shape index (κ3) is 3.03. The molecule has 0 saturated carbocycles. The maximum Gasteiger partial charge on any atom is 0.261 e. The number of nitrogens with zero attached hydrogens (tertiary/aromatic N) is 3. The molecule has 0 saturated heterocycles. The Hall–Kier alpha value is -3.61. The van der Waals surface area contributed by atoms with Gasteiger partial charge in [0.25, 0.3) is 5.91 Å². The van der Waals surface area contributed by atoms with E-state index in [0.717, 1.165) is 16.9 Å². The molecule has 27 heavy (non-hydrogen) atoms. The standard InChI is InChI=1S/C20H18N4O3/c1-12-19(13(2)27-23-12)20(25)22-15-10-14(7-8-17(15)26-3)16-11-24-9-5-4-6-18(24)21-16/h4-11H,1-3H3,(H,22,25). The first-order chi connectivity index (χ1) is 13.1. The lowest BCUT2D eigenvalue weighted by Gasteiger charge is -2.11.